The van der Waals surface area contributed by atoms with Crippen molar-refractivity contribution in [3.8, 4) is 5.75 Å². The lowest BCUT2D eigenvalue weighted by Crippen LogP contribution is -2.26. The maximum atomic E-state index is 12.0. The SMILES string of the molecule is COc1ccccc1NC(N)=NCCCNC(=O)c1cccc(Br)c1.I. The van der Waals surface area contributed by atoms with E-state index in [9.17, 15) is 4.79 Å². The first-order chi connectivity index (χ1) is 12.1. The Hall–Kier alpha value is -1.81. The lowest BCUT2D eigenvalue weighted by Gasteiger charge is -2.10. The van der Waals surface area contributed by atoms with Gasteiger partial charge in [0.15, 0.2) is 5.96 Å². The number of rotatable bonds is 7. The second-order valence-electron chi connectivity index (χ2n) is 5.21. The molecule has 26 heavy (non-hydrogen) atoms. The van der Waals surface area contributed by atoms with Gasteiger partial charge in [0, 0.05) is 23.1 Å². The standard InChI is InChI=1S/C18H21BrN4O2.HI/c1-25-16-9-3-2-8-15(16)23-18(20)22-11-5-10-21-17(24)13-6-4-7-14(19)12-13;/h2-4,6-9,12H,5,10-11H2,1H3,(H,21,24)(H3,20,22,23);1H. The number of amides is 1. The van der Waals surface area contributed by atoms with Crippen molar-refractivity contribution in [1.82, 2.24) is 5.32 Å². The fraction of sp³-hybridized carbons (Fsp3) is 0.222. The third-order valence-corrected chi connectivity index (χ3v) is 3.85. The summed E-state index contributed by atoms with van der Waals surface area (Å²) in [4.78, 5) is 16.2. The van der Waals surface area contributed by atoms with Crippen molar-refractivity contribution in [1.29, 1.82) is 0 Å². The molecule has 0 aromatic heterocycles. The summed E-state index contributed by atoms with van der Waals surface area (Å²) in [6.45, 7) is 1.03. The number of nitrogens with one attached hydrogen (secondary N) is 2. The number of methoxy groups -OCH3 is 1. The van der Waals surface area contributed by atoms with E-state index >= 15 is 0 Å². The summed E-state index contributed by atoms with van der Waals surface area (Å²) >= 11 is 3.35. The highest BCUT2D eigenvalue weighted by Crippen LogP contribution is 2.22. The van der Waals surface area contributed by atoms with Crippen molar-refractivity contribution < 1.29 is 9.53 Å². The van der Waals surface area contributed by atoms with Gasteiger partial charge in [0.25, 0.3) is 5.91 Å². The van der Waals surface area contributed by atoms with Crippen LogP contribution >= 0.6 is 39.9 Å². The average Bonchev–Trinajstić information content (AvgIpc) is 2.61. The molecule has 2 aromatic rings. The van der Waals surface area contributed by atoms with Gasteiger partial charge < -0.3 is 21.1 Å². The Morgan fingerprint density at radius 3 is 2.73 bits per heavy atom. The Morgan fingerprint density at radius 1 is 1.23 bits per heavy atom. The number of guanidine groups is 1. The van der Waals surface area contributed by atoms with Crippen LogP contribution in [0.5, 0.6) is 5.75 Å². The van der Waals surface area contributed by atoms with E-state index in [0.29, 0.717) is 36.8 Å². The monoisotopic (exact) mass is 532 g/mol. The number of hydrogen-bond acceptors (Lipinski definition) is 3. The molecule has 0 saturated heterocycles. The summed E-state index contributed by atoms with van der Waals surface area (Å²) in [7, 11) is 1.60. The van der Waals surface area contributed by atoms with Crippen LogP contribution < -0.4 is 21.1 Å². The first-order valence-electron chi connectivity index (χ1n) is 7.84. The predicted molar refractivity (Wildman–Crippen MR) is 120 cm³/mol. The molecular formula is C18H22BrIN4O2. The minimum atomic E-state index is -0.106. The normalized spacial score (nSPS) is 10.6. The molecule has 6 nitrogen and oxygen atoms in total. The molecule has 0 atom stereocenters. The van der Waals surface area contributed by atoms with Crippen LogP contribution in [0.4, 0.5) is 5.69 Å². The van der Waals surface area contributed by atoms with Gasteiger partial charge in [0.05, 0.1) is 12.8 Å². The molecule has 0 unspecified atom stereocenters. The largest absolute Gasteiger partial charge is 0.495 e. The summed E-state index contributed by atoms with van der Waals surface area (Å²) in [5.41, 5.74) is 7.25. The van der Waals surface area contributed by atoms with Crippen molar-refractivity contribution in [2.45, 2.75) is 6.42 Å². The fourth-order valence-corrected chi connectivity index (χ4v) is 2.54. The number of benzene rings is 2. The quantitative estimate of drug-likeness (QED) is 0.220. The number of ether oxygens (including phenoxy) is 1. The van der Waals surface area contributed by atoms with Crippen molar-refractivity contribution in [2.75, 3.05) is 25.5 Å². The predicted octanol–water partition coefficient (Wildman–Crippen LogP) is 3.62. The second-order valence-corrected chi connectivity index (χ2v) is 6.13. The molecule has 0 spiro atoms. The number of halogens is 2. The summed E-state index contributed by atoms with van der Waals surface area (Å²) < 4.78 is 6.12. The smallest absolute Gasteiger partial charge is 0.251 e. The Bertz CT molecular complexity index is 755. The number of nitrogens with two attached hydrogens (primary N) is 1. The molecule has 0 bridgehead atoms. The molecule has 0 aliphatic rings. The highest BCUT2D eigenvalue weighted by atomic mass is 127. The molecule has 0 fully saturated rings. The number of carbonyl (C=O) groups is 1. The van der Waals surface area contributed by atoms with Crippen LogP contribution in [-0.2, 0) is 0 Å². The van der Waals surface area contributed by atoms with Gasteiger partial charge in [-0.05, 0) is 36.8 Å². The van der Waals surface area contributed by atoms with Crippen molar-refractivity contribution in [3.63, 3.8) is 0 Å². The molecule has 2 rings (SSSR count). The van der Waals surface area contributed by atoms with Gasteiger partial charge in [0.1, 0.15) is 5.75 Å². The van der Waals surface area contributed by atoms with Crippen molar-refractivity contribution in [3.05, 3.63) is 58.6 Å². The molecule has 140 valence electrons. The van der Waals surface area contributed by atoms with E-state index in [1.165, 1.54) is 0 Å². The van der Waals surface area contributed by atoms with Gasteiger partial charge in [0.2, 0.25) is 0 Å². The summed E-state index contributed by atoms with van der Waals surface area (Å²) in [6, 6.07) is 14.7. The second kappa shape index (κ2) is 11.7. The number of hydrogen-bond donors (Lipinski definition) is 3. The Morgan fingerprint density at radius 2 is 2.00 bits per heavy atom. The first-order valence-corrected chi connectivity index (χ1v) is 8.63. The third kappa shape index (κ3) is 7.20. The van der Waals surface area contributed by atoms with Crippen LogP contribution in [0, 0.1) is 0 Å². The highest BCUT2D eigenvalue weighted by Gasteiger charge is 2.05. The summed E-state index contributed by atoms with van der Waals surface area (Å²) in [5.74, 6) is 0.898. The molecule has 0 heterocycles. The van der Waals surface area contributed by atoms with Gasteiger partial charge in [-0.3, -0.25) is 9.79 Å². The van der Waals surface area contributed by atoms with Crippen LogP contribution in [0.1, 0.15) is 16.8 Å². The number of anilines is 1. The maximum absolute atomic E-state index is 12.0. The van der Waals surface area contributed by atoms with E-state index in [2.05, 4.69) is 31.6 Å². The van der Waals surface area contributed by atoms with Gasteiger partial charge in [-0.25, -0.2) is 0 Å². The Labute approximate surface area is 178 Å². The highest BCUT2D eigenvalue weighted by molar-refractivity contribution is 14.0. The molecule has 1 amide bonds. The van der Waals surface area contributed by atoms with Crippen LogP contribution in [0.15, 0.2) is 58.0 Å². The summed E-state index contributed by atoms with van der Waals surface area (Å²) in [6.07, 6.45) is 0.689. The third-order valence-electron chi connectivity index (χ3n) is 3.36. The van der Waals surface area contributed by atoms with Gasteiger partial charge in [-0.15, -0.1) is 24.0 Å². The van der Waals surface area contributed by atoms with E-state index in [0.717, 1.165) is 10.2 Å². The van der Waals surface area contributed by atoms with E-state index in [1.807, 2.05) is 36.4 Å². The zero-order valence-electron chi connectivity index (χ0n) is 14.4. The molecular weight excluding hydrogens is 511 g/mol. The molecule has 0 aliphatic carbocycles. The molecule has 0 saturated carbocycles. The first kappa shape index (κ1) is 22.2. The van der Waals surface area contributed by atoms with E-state index < -0.39 is 0 Å². The Kier molecular flexibility index (Phi) is 10.0. The fourth-order valence-electron chi connectivity index (χ4n) is 2.14. The maximum Gasteiger partial charge on any atom is 0.251 e. The van der Waals surface area contributed by atoms with Crippen molar-refractivity contribution in [2.24, 2.45) is 10.7 Å². The number of nitrogens with zero attached hydrogens (tertiary/aromatic N) is 1. The molecule has 0 radical (unpaired) electrons. The lowest BCUT2D eigenvalue weighted by atomic mass is 10.2. The van der Waals surface area contributed by atoms with Crippen LogP contribution in [0.3, 0.4) is 0 Å². The zero-order chi connectivity index (χ0) is 18.1. The van der Waals surface area contributed by atoms with Crippen LogP contribution in [0.2, 0.25) is 0 Å². The van der Waals surface area contributed by atoms with E-state index in [4.69, 9.17) is 10.5 Å². The molecule has 4 N–H and O–H groups in total. The van der Waals surface area contributed by atoms with E-state index in [1.54, 1.807) is 19.2 Å². The van der Waals surface area contributed by atoms with Gasteiger partial charge in [-0.1, -0.05) is 34.1 Å². The lowest BCUT2D eigenvalue weighted by molar-refractivity contribution is 0.0953. The number of carbonyl (C=O) groups excluding carboxylic acids is 1. The molecule has 2 aromatic carbocycles. The molecule has 0 aliphatic heterocycles. The number of aliphatic imine (C=N–C) groups is 1. The minimum Gasteiger partial charge on any atom is -0.495 e. The summed E-state index contributed by atoms with van der Waals surface area (Å²) in [5, 5.41) is 5.86. The molecule has 8 heteroatoms. The van der Waals surface area contributed by atoms with Gasteiger partial charge in [-0.2, -0.15) is 0 Å². The average molecular weight is 533 g/mol. The van der Waals surface area contributed by atoms with Crippen LogP contribution in [-0.4, -0.2) is 32.1 Å². The zero-order valence-corrected chi connectivity index (χ0v) is 18.3. The van der Waals surface area contributed by atoms with Gasteiger partial charge >= 0.3 is 0 Å². The van der Waals surface area contributed by atoms with Crippen molar-refractivity contribution >= 4 is 57.5 Å². The topological polar surface area (TPSA) is 88.7 Å². The number of para-hydroxylation sites is 2. The minimum absolute atomic E-state index is 0. The van der Waals surface area contributed by atoms with Crippen LogP contribution in [0.25, 0.3) is 0 Å². The van der Waals surface area contributed by atoms with E-state index in [-0.39, 0.29) is 29.9 Å². The Balaban J connectivity index is 0.00000338.